The fourth-order valence-electron chi connectivity index (χ4n) is 3.25. The monoisotopic (exact) mass is 436 g/mol. The van der Waals surface area contributed by atoms with Crippen molar-refractivity contribution < 1.29 is 27.5 Å². The summed E-state index contributed by atoms with van der Waals surface area (Å²) in [5.41, 5.74) is 0. The van der Waals surface area contributed by atoms with Crippen LogP contribution >= 0.6 is 0 Å². The summed E-state index contributed by atoms with van der Waals surface area (Å²) in [5, 5.41) is 0. The SMILES string of the molecule is CCO[Si](CCCCCCCCCCCOCCOCCOC)(OCC)OCC. The Labute approximate surface area is 181 Å². The normalized spacial score (nSPS) is 12.0. The van der Waals surface area contributed by atoms with Gasteiger partial charge in [-0.05, 0) is 33.6 Å². The van der Waals surface area contributed by atoms with Crippen molar-refractivity contribution in [3.63, 3.8) is 0 Å². The topological polar surface area (TPSA) is 55.4 Å². The third-order valence-electron chi connectivity index (χ3n) is 4.67. The highest BCUT2D eigenvalue weighted by Crippen LogP contribution is 2.20. The van der Waals surface area contributed by atoms with Gasteiger partial charge in [0.1, 0.15) is 0 Å². The second kappa shape index (κ2) is 22.7. The summed E-state index contributed by atoms with van der Waals surface area (Å²) < 4.78 is 33.6. The first-order valence-corrected chi connectivity index (χ1v) is 13.7. The van der Waals surface area contributed by atoms with Crippen molar-refractivity contribution >= 4 is 8.80 Å². The zero-order chi connectivity index (χ0) is 21.5. The van der Waals surface area contributed by atoms with Gasteiger partial charge >= 0.3 is 8.80 Å². The van der Waals surface area contributed by atoms with Crippen LogP contribution < -0.4 is 0 Å². The molecule has 0 rings (SSSR count). The Balaban J connectivity index is 3.43. The Bertz CT molecular complexity index is 303. The van der Waals surface area contributed by atoms with Gasteiger partial charge in [-0.15, -0.1) is 0 Å². The van der Waals surface area contributed by atoms with Gasteiger partial charge in [0.15, 0.2) is 0 Å². The Morgan fingerprint density at radius 3 is 1.38 bits per heavy atom. The van der Waals surface area contributed by atoms with Gasteiger partial charge in [0.2, 0.25) is 0 Å². The highest BCUT2D eigenvalue weighted by atomic mass is 28.4. The van der Waals surface area contributed by atoms with Crippen LogP contribution in [-0.2, 0) is 27.5 Å². The van der Waals surface area contributed by atoms with Crippen LogP contribution in [0.25, 0.3) is 0 Å². The minimum absolute atomic E-state index is 0.647. The van der Waals surface area contributed by atoms with Gasteiger partial charge in [-0.1, -0.05) is 44.9 Å². The van der Waals surface area contributed by atoms with Crippen LogP contribution in [0, 0.1) is 0 Å². The molecule has 0 saturated carbocycles. The highest BCUT2D eigenvalue weighted by Gasteiger charge is 2.39. The van der Waals surface area contributed by atoms with Crippen molar-refractivity contribution in [3.8, 4) is 0 Å². The summed E-state index contributed by atoms with van der Waals surface area (Å²) in [6, 6.07) is 0.944. The maximum absolute atomic E-state index is 5.91. The van der Waals surface area contributed by atoms with Crippen LogP contribution in [0.4, 0.5) is 0 Å². The van der Waals surface area contributed by atoms with Gasteiger partial charge in [0.05, 0.1) is 26.4 Å². The molecule has 6 nitrogen and oxygen atoms in total. The lowest BCUT2D eigenvalue weighted by molar-refractivity contribution is 0.0239. The molecule has 0 aromatic rings. The summed E-state index contributed by atoms with van der Waals surface area (Å²) in [7, 11) is -0.748. The number of hydrogen-bond acceptors (Lipinski definition) is 6. The van der Waals surface area contributed by atoms with Crippen LogP contribution in [0.15, 0.2) is 0 Å². The molecule has 0 radical (unpaired) electrons. The molecular formula is C22H48O6Si. The lowest BCUT2D eigenvalue weighted by atomic mass is 10.1. The summed E-state index contributed by atoms with van der Waals surface area (Å²) in [6.45, 7) is 11.5. The van der Waals surface area contributed by atoms with Crippen LogP contribution in [0.5, 0.6) is 0 Å². The molecule has 0 amide bonds. The average molecular weight is 437 g/mol. The van der Waals surface area contributed by atoms with Crippen LogP contribution in [0.3, 0.4) is 0 Å². The third-order valence-corrected chi connectivity index (χ3v) is 7.82. The Hall–Kier alpha value is -0.0231. The molecule has 0 aliphatic rings. The van der Waals surface area contributed by atoms with E-state index in [0.717, 1.165) is 25.5 Å². The molecule has 0 fully saturated rings. The number of methoxy groups -OCH3 is 1. The van der Waals surface area contributed by atoms with Crippen LogP contribution in [0.1, 0.15) is 78.6 Å². The van der Waals surface area contributed by atoms with Crippen molar-refractivity contribution in [3.05, 3.63) is 0 Å². The fourth-order valence-corrected chi connectivity index (χ4v) is 5.93. The first-order valence-electron chi connectivity index (χ1n) is 11.8. The molecule has 0 atom stereocenters. The standard InChI is InChI=1S/C22H48O6Si/c1-5-26-29(27-6-2,28-7-3)22-16-14-12-10-8-9-11-13-15-17-24-20-21-25-19-18-23-4/h5-22H2,1-4H3. The molecule has 0 aliphatic carbocycles. The first kappa shape index (κ1) is 29.0. The molecule has 0 spiro atoms. The Kier molecular flexibility index (Phi) is 22.6. The highest BCUT2D eigenvalue weighted by molar-refractivity contribution is 6.60. The van der Waals surface area contributed by atoms with Crippen LogP contribution in [-0.4, -0.2) is 68.8 Å². The zero-order valence-electron chi connectivity index (χ0n) is 19.7. The summed E-state index contributed by atoms with van der Waals surface area (Å²) in [4.78, 5) is 0. The molecule has 7 heteroatoms. The summed E-state index contributed by atoms with van der Waals surface area (Å²) >= 11 is 0. The molecule has 0 aliphatic heterocycles. The second-order valence-electron chi connectivity index (χ2n) is 7.13. The summed E-state index contributed by atoms with van der Waals surface area (Å²) in [6.07, 6.45) is 11.4. The van der Waals surface area contributed by atoms with Gasteiger partial charge in [-0.2, -0.15) is 0 Å². The minimum Gasteiger partial charge on any atom is -0.382 e. The van der Waals surface area contributed by atoms with Gasteiger partial charge in [-0.25, -0.2) is 0 Å². The molecule has 0 N–H and O–H groups in total. The van der Waals surface area contributed by atoms with Gasteiger partial charge in [0.25, 0.3) is 0 Å². The average Bonchev–Trinajstić information content (AvgIpc) is 2.71. The Morgan fingerprint density at radius 1 is 0.483 bits per heavy atom. The van der Waals surface area contributed by atoms with E-state index in [0.29, 0.717) is 46.2 Å². The van der Waals surface area contributed by atoms with E-state index in [-0.39, 0.29) is 0 Å². The van der Waals surface area contributed by atoms with E-state index in [9.17, 15) is 0 Å². The number of ether oxygens (including phenoxy) is 3. The Morgan fingerprint density at radius 2 is 0.897 bits per heavy atom. The largest absolute Gasteiger partial charge is 0.500 e. The minimum atomic E-state index is -2.43. The molecule has 29 heavy (non-hydrogen) atoms. The fraction of sp³-hybridized carbons (Fsp3) is 1.00. The summed E-state index contributed by atoms with van der Waals surface area (Å²) in [5.74, 6) is 0. The molecule has 0 heterocycles. The molecule has 176 valence electrons. The second-order valence-corrected chi connectivity index (χ2v) is 9.86. The van der Waals surface area contributed by atoms with E-state index in [1.54, 1.807) is 7.11 Å². The molecule has 0 aromatic carbocycles. The smallest absolute Gasteiger partial charge is 0.382 e. The number of hydrogen-bond donors (Lipinski definition) is 0. The van der Waals surface area contributed by atoms with E-state index in [4.69, 9.17) is 27.5 Å². The molecule has 0 aromatic heterocycles. The number of unbranched alkanes of at least 4 members (excludes halogenated alkanes) is 8. The number of rotatable bonds is 24. The lowest BCUT2D eigenvalue weighted by Gasteiger charge is -2.28. The zero-order valence-corrected chi connectivity index (χ0v) is 20.7. The van der Waals surface area contributed by atoms with E-state index in [1.807, 2.05) is 20.8 Å². The van der Waals surface area contributed by atoms with Gasteiger partial charge in [-0.3, -0.25) is 0 Å². The molecule has 0 bridgehead atoms. The quantitative estimate of drug-likeness (QED) is 0.153. The predicted octanol–water partition coefficient (Wildman–Crippen LogP) is 5.23. The van der Waals surface area contributed by atoms with E-state index >= 15 is 0 Å². The lowest BCUT2D eigenvalue weighted by Crippen LogP contribution is -2.45. The maximum Gasteiger partial charge on any atom is 0.500 e. The van der Waals surface area contributed by atoms with Gasteiger partial charge < -0.3 is 27.5 Å². The van der Waals surface area contributed by atoms with Crippen molar-refractivity contribution in [1.29, 1.82) is 0 Å². The predicted molar refractivity (Wildman–Crippen MR) is 121 cm³/mol. The van der Waals surface area contributed by atoms with E-state index in [1.165, 1.54) is 44.9 Å². The van der Waals surface area contributed by atoms with Crippen molar-refractivity contribution in [2.24, 2.45) is 0 Å². The van der Waals surface area contributed by atoms with Crippen molar-refractivity contribution in [1.82, 2.24) is 0 Å². The maximum atomic E-state index is 5.91. The molecule has 0 unspecified atom stereocenters. The molecular weight excluding hydrogens is 388 g/mol. The van der Waals surface area contributed by atoms with E-state index < -0.39 is 8.80 Å². The van der Waals surface area contributed by atoms with Crippen LogP contribution in [0.2, 0.25) is 6.04 Å². The first-order chi connectivity index (χ1) is 14.2. The van der Waals surface area contributed by atoms with Gasteiger partial charge in [0, 0.05) is 39.6 Å². The van der Waals surface area contributed by atoms with Crippen molar-refractivity contribution in [2.75, 3.05) is 60.0 Å². The van der Waals surface area contributed by atoms with Crippen molar-refractivity contribution in [2.45, 2.75) is 84.6 Å². The third kappa shape index (κ3) is 18.5. The van der Waals surface area contributed by atoms with E-state index in [2.05, 4.69) is 0 Å². The molecule has 0 saturated heterocycles.